The number of amides is 3. The summed E-state index contributed by atoms with van der Waals surface area (Å²) >= 11 is 0. The normalized spacial score (nSPS) is 14.3. The summed E-state index contributed by atoms with van der Waals surface area (Å²) in [6.45, 7) is 4.29. The number of aliphatic carboxylic acids is 1. The van der Waals surface area contributed by atoms with Crippen molar-refractivity contribution in [2.75, 3.05) is 6.54 Å². The molecule has 3 amide bonds. The van der Waals surface area contributed by atoms with Crippen molar-refractivity contribution in [3.8, 4) is 0 Å². The van der Waals surface area contributed by atoms with E-state index in [1.165, 1.54) is 0 Å². The zero-order valence-electron chi connectivity index (χ0n) is 16.1. The SMILES string of the molecule is CC(C)CC(N)C(=O)NC(CCCCN)C(=O)NC(CCC(N)=O)C(=O)O. The van der Waals surface area contributed by atoms with Crippen LogP contribution in [0.1, 0.15) is 52.4 Å². The fourth-order valence-corrected chi connectivity index (χ4v) is 2.47. The van der Waals surface area contributed by atoms with E-state index in [0.717, 1.165) is 0 Å². The summed E-state index contributed by atoms with van der Waals surface area (Å²) < 4.78 is 0. The molecule has 0 aromatic heterocycles. The van der Waals surface area contributed by atoms with Crippen LogP contribution in [-0.4, -0.2) is 53.5 Å². The zero-order chi connectivity index (χ0) is 21.0. The summed E-state index contributed by atoms with van der Waals surface area (Å²) in [7, 11) is 0. The number of nitrogens with one attached hydrogen (secondary N) is 2. The Morgan fingerprint density at radius 2 is 1.56 bits per heavy atom. The fraction of sp³-hybridized carbons (Fsp3) is 0.765. The molecule has 0 aliphatic rings. The van der Waals surface area contributed by atoms with Gasteiger partial charge in [-0.2, -0.15) is 0 Å². The Morgan fingerprint density at radius 1 is 0.963 bits per heavy atom. The lowest BCUT2D eigenvalue weighted by molar-refractivity contribution is -0.142. The molecule has 0 fully saturated rings. The summed E-state index contributed by atoms with van der Waals surface area (Å²) in [5.74, 6) is -2.86. The molecule has 9 N–H and O–H groups in total. The Morgan fingerprint density at radius 3 is 2.04 bits per heavy atom. The third kappa shape index (κ3) is 11.2. The fourth-order valence-electron chi connectivity index (χ4n) is 2.47. The van der Waals surface area contributed by atoms with Crippen molar-refractivity contribution in [3.63, 3.8) is 0 Å². The van der Waals surface area contributed by atoms with Gasteiger partial charge in [0.1, 0.15) is 12.1 Å². The maximum atomic E-state index is 12.5. The number of hydrogen-bond donors (Lipinski definition) is 6. The highest BCUT2D eigenvalue weighted by Crippen LogP contribution is 2.07. The highest BCUT2D eigenvalue weighted by atomic mass is 16.4. The highest BCUT2D eigenvalue weighted by Gasteiger charge is 2.28. The van der Waals surface area contributed by atoms with E-state index >= 15 is 0 Å². The van der Waals surface area contributed by atoms with Crippen molar-refractivity contribution in [1.82, 2.24) is 10.6 Å². The standard InChI is InChI=1S/C17H33N5O5/c1-10(2)9-11(19)15(24)21-12(5-3-4-8-18)16(25)22-13(17(26)27)6-7-14(20)23/h10-13H,3-9,18-19H2,1-2H3,(H2,20,23)(H,21,24)(H,22,25)(H,26,27). The number of primary amides is 1. The van der Waals surface area contributed by atoms with Crippen LogP contribution in [-0.2, 0) is 19.2 Å². The minimum absolute atomic E-state index is 0.132. The van der Waals surface area contributed by atoms with E-state index in [1.807, 2.05) is 13.8 Å². The molecule has 3 unspecified atom stereocenters. The van der Waals surface area contributed by atoms with Crippen LogP contribution < -0.4 is 27.8 Å². The van der Waals surface area contributed by atoms with Crippen LogP contribution >= 0.6 is 0 Å². The van der Waals surface area contributed by atoms with Crippen LogP contribution in [0.25, 0.3) is 0 Å². The van der Waals surface area contributed by atoms with Crippen LogP contribution in [0.4, 0.5) is 0 Å². The van der Waals surface area contributed by atoms with Gasteiger partial charge in [-0.25, -0.2) is 4.79 Å². The lowest BCUT2D eigenvalue weighted by Gasteiger charge is -2.23. The highest BCUT2D eigenvalue weighted by molar-refractivity contribution is 5.91. The van der Waals surface area contributed by atoms with Gasteiger partial charge in [-0.05, 0) is 44.6 Å². The molecule has 0 bridgehead atoms. The van der Waals surface area contributed by atoms with Crippen molar-refractivity contribution in [1.29, 1.82) is 0 Å². The average molecular weight is 387 g/mol. The molecule has 0 aromatic carbocycles. The smallest absolute Gasteiger partial charge is 0.326 e. The molecule has 156 valence electrons. The molecule has 0 aromatic rings. The van der Waals surface area contributed by atoms with Crippen LogP contribution in [0, 0.1) is 5.92 Å². The van der Waals surface area contributed by atoms with Crippen molar-refractivity contribution in [2.45, 2.75) is 70.5 Å². The van der Waals surface area contributed by atoms with E-state index in [9.17, 15) is 24.3 Å². The van der Waals surface area contributed by atoms with Crippen molar-refractivity contribution < 1.29 is 24.3 Å². The predicted octanol–water partition coefficient (Wildman–Crippen LogP) is -1.19. The molecule has 0 saturated carbocycles. The van der Waals surface area contributed by atoms with Crippen molar-refractivity contribution in [3.05, 3.63) is 0 Å². The van der Waals surface area contributed by atoms with E-state index < -0.39 is 41.8 Å². The van der Waals surface area contributed by atoms with Crippen molar-refractivity contribution in [2.24, 2.45) is 23.1 Å². The molecule has 0 saturated heterocycles. The number of unbranched alkanes of at least 4 members (excludes halogenated alkanes) is 1. The quantitative estimate of drug-likeness (QED) is 0.202. The molecule has 0 heterocycles. The van der Waals surface area contributed by atoms with Gasteiger partial charge in [0.25, 0.3) is 0 Å². The van der Waals surface area contributed by atoms with Gasteiger partial charge < -0.3 is 32.9 Å². The number of hydrogen-bond acceptors (Lipinski definition) is 6. The Bertz CT molecular complexity index is 512. The summed E-state index contributed by atoms with van der Waals surface area (Å²) in [5, 5.41) is 14.1. The first-order valence-electron chi connectivity index (χ1n) is 9.15. The van der Waals surface area contributed by atoms with Gasteiger partial charge in [-0.3, -0.25) is 14.4 Å². The van der Waals surface area contributed by atoms with Gasteiger partial charge >= 0.3 is 5.97 Å². The maximum absolute atomic E-state index is 12.5. The molecule has 10 heteroatoms. The second-order valence-electron chi connectivity index (χ2n) is 6.99. The lowest BCUT2D eigenvalue weighted by atomic mass is 10.0. The molecule has 0 radical (unpaired) electrons. The summed E-state index contributed by atoms with van der Waals surface area (Å²) in [6, 6.07) is -2.97. The molecule has 3 atom stereocenters. The second-order valence-corrected chi connectivity index (χ2v) is 6.99. The van der Waals surface area contributed by atoms with Crippen molar-refractivity contribution >= 4 is 23.7 Å². The second kappa shape index (κ2) is 13.0. The van der Waals surface area contributed by atoms with Gasteiger partial charge in [0.05, 0.1) is 6.04 Å². The first-order chi connectivity index (χ1) is 12.6. The molecule has 10 nitrogen and oxygen atoms in total. The Labute approximate surface area is 159 Å². The molecule has 0 aliphatic carbocycles. The minimum Gasteiger partial charge on any atom is -0.480 e. The van der Waals surface area contributed by atoms with E-state index in [2.05, 4.69) is 10.6 Å². The monoisotopic (exact) mass is 387 g/mol. The Balaban J connectivity index is 5.01. The van der Waals surface area contributed by atoms with E-state index in [-0.39, 0.29) is 18.8 Å². The summed E-state index contributed by atoms with van der Waals surface area (Å²) in [5.41, 5.74) is 16.3. The number of carboxylic acids is 1. The molecular weight excluding hydrogens is 354 g/mol. The molecule has 0 aliphatic heterocycles. The number of carbonyl (C=O) groups excluding carboxylic acids is 3. The van der Waals surface area contributed by atoms with E-state index in [1.54, 1.807) is 0 Å². The molecular formula is C17H33N5O5. The number of nitrogens with two attached hydrogens (primary N) is 3. The molecule has 0 spiro atoms. The van der Waals surface area contributed by atoms with Crippen LogP contribution in [0.5, 0.6) is 0 Å². The van der Waals surface area contributed by atoms with Gasteiger partial charge in [0.15, 0.2) is 0 Å². The number of carbonyl (C=O) groups is 4. The maximum Gasteiger partial charge on any atom is 0.326 e. The number of rotatable bonds is 14. The van der Waals surface area contributed by atoms with Gasteiger partial charge in [-0.1, -0.05) is 13.8 Å². The van der Waals surface area contributed by atoms with Gasteiger partial charge in [-0.15, -0.1) is 0 Å². The third-order valence-electron chi connectivity index (χ3n) is 3.94. The van der Waals surface area contributed by atoms with Crippen LogP contribution in [0.15, 0.2) is 0 Å². The third-order valence-corrected chi connectivity index (χ3v) is 3.94. The first-order valence-corrected chi connectivity index (χ1v) is 9.15. The Kier molecular flexibility index (Phi) is 12.0. The van der Waals surface area contributed by atoms with Crippen LogP contribution in [0.3, 0.4) is 0 Å². The summed E-state index contributed by atoms with van der Waals surface area (Å²) in [4.78, 5) is 46.9. The molecule has 0 rings (SSSR count). The number of carboxylic acid groups (broad SMARTS) is 1. The predicted molar refractivity (Wildman–Crippen MR) is 100 cm³/mol. The summed E-state index contributed by atoms with van der Waals surface area (Å²) in [6.07, 6.45) is 1.67. The van der Waals surface area contributed by atoms with Gasteiger partial charge in [0, 0.05) is 6.42 Å². The topological polar surface area (TPSA) is 191 Å². The lowest BCUT2D eigenvalue weighted by Crippen LogP contribution is -2.54. The van der Waals surface area contributed by atoms with E-state index in [0.29, 0.717) is 32.2 Å². The van der Waals surface area contributed by atoms with E-state index in [4.69, 9.17) is 17.2 Å². The Hall–Kier alpha value is -2.20. The van der Waals surface area contributed by atoms with Crippen LogP contribution in [0.2, 0.25) is 0 Å². The molecule has 27 heavy (non-hydrogen) atoms. The zero-order valence-corrected chi connectivity index (χ0v) is 16.1. The largest absolute Gasteiger partial charge is 0.480 e. The minimum atomic E-state index is -1.28. The first kappa shape index (κ1) is 24.8. The van der Waals surface area contributed by atoms with Gasteiger partial charge in [0.2, 0.25) is 17.7 Å². The average Bonchev–Trinajstić information content (AvgIpc) is 2.56.